The fourth-order valence-electron chi connectivity index (χ4n) is 2.32. The Hall–Kier alpha value is -2.89. The van der Waals surface area contributed by atoms with Crippen molar-refractivity contribution in [1.29, 1.82) is 0 Å². The Morgan fingerprint density at radius 3 is 2.64 bits per heavy atom. The molecule has 6 heteroatoms. The van der Waals surface area contributed by atoms with E-state index < -0.39 is 0 Å². The molecule has 0 spiro atoms. The van der Waals surface area contributed by atoms with Crippen molar-refractivity contribution in [1.82, 2.24) is 14.2 Å². The molecule has 0 fully saturated rings. The van der Waals surface area contributed by atoms with E-state index in [0.717, 1.165) is 5.56 Å². The van der Waals surface area contributed by atoms with Crippen LogP contribution in [0.15, 0.2) is 47.4 Å². The first-order valence-electron chi connectivity index (χ1n) is 6.96. The highest BCUT2D eigenvalue weighted by Crippen LogP contribution is 2.08. The third-order valence-electron chi connectivity index (χ3n) is 3.45. The van der Waals surface area contributed by atoms with Crippen LogP contribution in [-0.4, -0.2) is 20.1 Å². The molecule has 0 radical (unpaired) electrons. The summed E-state index contributed by atoms with van der Waals surface area (Å²) in [7, 11) is 0. The molecule has 1 N–H and O–H groups in total. The van der Waals surface area contributed by atoms with E-state index in [0.29, 0.717) is 17.0 Å². The second kappa shape index (κ2) is 5.48. The number of anilines is 1. The Balaban J connectivity index is 1.83. The van der Waals surface area contributed by atoms with Crippen molar-refractivity contribution in [2.45, 2.75) is 20.4 Å². The van der Waals surface area contributed by atoms with E-state index in [4.69, 9.17) is 0 Å². The van der Waals surface area contributed by atoms with Gasteiger partial charge in [0.05, 0.1) is 0 Å². The fourth-order valence-corrected chi connectivity index (χ4v) is 2.32. The molecule has 0 unspecified atom stereocenters. The van der Waals surface area contributed by atoms with Crippen molar-refractivity contribution in [2.75, 3.05) is 5.32 Å². The molecule has 112 valence electrons. The van der Waals surface area contributed by atoms with Gasteiger partial charge in [-0.2, -0.15) is 5.10 Å². The summed E-state index contributed by atoms with van der Waals surface area (Å²) >= 11 is 0. The standard InChI is InChI=1S/C16H16N4O2/c1-11-5-7-13(8-6-11)17-15(21)10-20-16(22)14-4-3-9-19(14)12(2)18-20/h3-9H,10H2,1-2H3,(H,17,21). The Kier molecular flexibility index (Phi) is 3.50. The lowest BCUT2D eigenvalue weighted by Gasteiger charge is -2.09. The van der Waals surface area contributed by atoms with Crippen LogP contribution in [0.5, 0.6) is 0 Å². The molecule has 0 aliphatic rings. The Morgan fingerprint density at radius 2 is 1.91 bits per heavy atom. The molecule has 1 amide bonds. The van der Waals surface area contributed by atoms with Crippen molar-refractivity contribution >= 4 is 17.1 Å². The molecular weight excluding hydrogens is 280 g/mol. The summed E-state index contributed by atoms with van der Waals surface area (Å²) in [6, 6.07) is 11.0. The molecule has 6 nitrogen and oxygen atoms in total. The molecule has 0 saturated heterocycles. The first-order valence-corrected chi connectivity index (χ1v) is 6.96. The van der Waals surface area contributed by atoms with Crippen LogP contribution in [0.4, 0.5) is 5.69 Å². The van der Waals surface area contributed by atoms with Crippen LogP contribution < -0.4 is 10.9 Å². The zero-order chi connectivity index (χ0) is 15.7. The molecule has 0 bridgehead atoms. The number of carbonyl (C=O) groups is 1. The van der Waals surface area contributed by atoms with Crippen LogP contribution in [0.1, 0.15) is 11.4 Å². The zero-order valence-electron chi connectivity index (χ0n) is 12.4. The number of nitrogens with one attached hydrogen (secondary N) is 1. The fraction of sp³-hybridized carbons (Fsp3) is 0.188. The summed E-state index contributed by atoms with van der Waals surface area (Å²) in [5.74, 6) is 0.372. The lowest BCUT2D eigenvalue weighted by Crippen LogP contribution is -2.31. The van der Waals surface area contributed by atoms with E-state index in [2.05, 4.69) is 10.4 Å². The molecule has 3 rings (SSSR count). The summed E-state index contributed by atoms with van der Waals surface area (Å²) in [4.78, 5) is 24.4. The van der Waals surface area contributed by atoms with E-state index in [1.807, 2.05) is 31.2 Å². The molecule has 2 aromatic heterocycles. The first-order chi connectivity index (χ1) is 10.5. The summed E-state index contributed by atoms with van der Waals surface area (Å²) in [6.07, 6.45) is 1.77. The van der Waals surface area contributed by atoms with Crippen molar-refractivity contribution in [3.05, 3.63) is 64.3 Å². The Labute approximate surface area is 127 Å². The smallest absolute Gasteiger partial charge is 0.291 e. The maximum atomic E-state index is 12.3. The SMILES string of the molecule is Cc1ccc(NC(=O)Cn2nc(C)n3cccc3c2=O)cc1. The Bertz CT molecular complexity index is 891. The number of amides is 1. The predicted molar refractivity (Wildman–Crippen MR) is 84.0 cm³/mol. The number of hydrogen-bond acceptors (Lipinski definition) is 3. The average molecular weight is 296 g/mol. The minimum atomic E-state index is -0.284. The zero-order valence-corrected chi connectivity index (χ0v) is 12.4. The van der Waals surface area contributed by atoms with Gasteiger partial charge in [-0.25, -0.2) is 4.68 Å². The second-order valence-electron chi connectivity index (χ2n) is 5.19. The van der Waals surface area contributed by atoms with E-state index >= 15 is 0 Å². The molecule has 0 atom stereocenters. The third-order valence-corrected chi connectivity index (χ3v) is 3.45. The third kappa shape index (κ3) is 2.63. The monoisotopic (exact) mass is 296 g/mol. The number of rotatable bonds is 3. The summed E-state index contributed by atoms with van der Waals surface area (Å²) in [5, 5.41) is 6.94. The number of carbonyl (C=O) groups excluding carboxylic acids is 1. The molecular formula is C16H16N4O2. The number of nitrogens with zero attached hydrogens (tertiary/aromatic N) is 3. The van der Waals surface area contributed by atoms with E-state index in [1.54, 1.807) is 29.7 Å². The highest BCUT2D eigenvalue weighted by atomic mass is 16.2. The van der Waals surface area contributed by atoms with Gasteiger partial charge in [0.25, 0.3) is 5.56 Å². The summed E-state index contributed by atoms with van der Waals surface area (Å²) < 4.78 is 2.89. The number of benzene rings is 1. The predicted octanol–water partition coefficient (Wildman–Crippen LogP) is 1.75. The van der Waals surface area contributed by atoms with Crippen LogP contribution in [0.2, 0.25) is 0 Å². The minimum Gasteiger partial charge on any atom is -0.324 e. The molecule has 0 aliphatic heterocycles. The van der Waals surface area contributed by atoms with Gasteiger partial charge in [0.15, 0.2) is 0 Å². The minimum absolute atomic E-state index is 0.116. The number of fused-ring (bicyclic) bond motifs is 1. The van der Waals surface area contributed by atoms with Crippen molar-refractivity contribution in [3.8, 4) is 0 Å². The van der Waals surface area contributed by atoms with E-state index in [1.165, 1.54) is 4.68 Å². The normalized spacial score (nSPS) is 10.8. The van der Waals surface area contributed by atoms with Crippen LogP contribution in [0, 0.1) is 13.8 Å². The topological polar surface area (TPSA) is 68.4 Å². The largest absolute Gasteiger partial charge is 0.324 e. The van der Waals surface area contributed by atoms with Gasteiger partial charge in [-0.1, -0.05) is 17.7 Å². The molecule has 1 aromatic carbocycles. The molecule has 0 aliphatic carbocycles. The van der Waals surface area contributed by atoms with Gasteiger partial charge in [0, 0.05) is 11.9 Å². The summed E-state index contributed by atoms with van der Waals surface area (Å²) in [6.45, 7) is 3.65. The number of hydrogen-bond donors (Lipinski definition) is 1. The number of aromatic nitrogens is 3. The molecule has 3 aromatic rings. The van der Waals surface area contributed by atoms with Gasteiger partial charge < -0.3 is 5.32 Å². The van der Waals surface area contributed by atoms with Gasteiger partial charge in [-0.3, -0.25) is 14.0 Å². The first kappa shape index (κ1) is 14.1. The van der Waals surface area contributed by atoms with Crippen LogP contribution in [0.3, 0.4) is 0 Å². The van der Waals surface area contributed by atoms with Gasteiger partial charge >= 0.3 is 0 Å². The van der Waals surface area contributed by atoms with Gasteiger partial charge in [0.1, 0.15) is 17.9 Å². The van der Waals surface area contributed by atoms with E-state index in [-0.39, 0.29) is 18.0 Å². The number of aryl methyl sites for hydroxylation is 2. The quantitative estimate of drug-likeness (QED) is 0.800. The Morgan fingerprint density at radius 1 is 1.18 bits per heavy atom. The highest BCUT2D eigenvalue weighted by molar-refractivity contribution is 5.90. The molecule has 2 heterocycles. The van der Waals surface area contributed by atoms with Crippen LogP contribution in [-0.2, 0) is 11.3 Å². The van der Waals surface area contributed by atoms with Gasteiger partial charge in [0.2, 0.25) is 5.91 Å². The van der Waals surface area contributed by atoms with Gasteiger partial charge in [-0.05, 0) is 38.1 Å². The second-order valence-corrected chi connectivity index (χ2v) is 5.19. The maximum Gasteiger partial charge on any atom is 0.291 e. The van der Waals surface area contributed by atoms with Gasteiger partial charge in [-0.15, -0.1) is 0 Å². The lowest BCUT2D eigenvalue weighted by molar-refractivity contribution is -0.117. The lowest BCUT2D eigenvalue weighted by atomic mass is 10.2. The van der Waals surface area contributed by atoms with Crippen LogP contribution in [0.25, 0.3) is 5.52 Å². The van der Waals surface area contributed by atoms with E-state index in [9.17, 15) is 9.59 Å². The molecule has 0 saturated carbocycles. The average Bonchev–Trinajstić information content (AvgIpc) is 2.97. The molecule has 22 heavy (non-hydrogen) atoms. The van der Waals surface area contributed by atoms with Crippen molar-refractivity contribution < 1.29 is 4.79 Å². The van der Waals surface area contributed by atoms with Crippen molar-refractivity contribution in [3.63, 3.8) is 0 Å². The van der Waals surface area contributed by atoms with Crippen LogP contribution >= 0.6 is 0 Å². The maximum absolute atomic E-state index is 12.3. The highest BCUT2D eigenvalue weighted by Gasteiger charge is 2.10. The summed E-state index contributed by atoms with van der Waals surface area (Å²) in [5.41, 5.74) is 2.04. The van der Waals surface area contributed by atoms with Crippen molar-refractivity contribution in [2.24, 2.45) is 0 Å².